The Kier molecular flexibility index (Phi) is 10.2. The fourth-order valence-electron chi connectivity index (χ4n) is 3.96. The van der Waals surface area contributed by atoms with Crippen LogP contribution in [0.2, 0.25) is 0 Å². The summed E-state index contributed by atoms with van der Waals surface area (Å²) in [5.74, 6) is 1.61. The molecule has 2 aliphatic heterocycles. The molecule has 2 aromatic carbocycles. The number of hydrogen-bond donors (Lipinski definition) is 0. The lowest BCUT2D eigenvalue weighted by atomic mass is 9.78. The number of methoxy groups -OCH3 is 2. The first kappa shape index (κ1) is 27.8. The smallest absolute Gasteiger partial charge is 0.119 e. The van der Waals surface area contributed by atoms with Gasteiger partial charge < -0.3 is 37.9 Å². The second-order valence-electron chi connectivity index (χ2n) is 10.0. The normalized spacial score (nSPS) is 20.3. The fourth-order valence-corrected chi connectivity index (χ4v) is 3.96. The van der Waals surface area contributed by atoms with Gasteiger partial charge in [0, 0.05) is 19.6 Å². The molecule has 2 aromatic rings. The van der Waals surface area contributed by atoms with Crippen molar-refractivity contribution in [2.45, 2.75) is 43.7 Å². The number of rotatable bonds is 18. The second-order valence-corrected chi connectivity index (χ2v) is 10.0. The van der Waals surface area contributed by atoms with Crippen molar-refractivity contribution >= 4 is 0 Å². The maximum Gasteiger partial charge on any atom is 0.119 e. The van der Waals surface area contributed by atoms with Crippen molar-refractivity contribution in [3.05, 3.63) is 59.7 Å². The minimum atomic E-state index is -0.186. The number of ether oxygens (including phenoxy) is 8. The van der Waals surface area contributed by atoms with E-state index < -0.39 is 0 Å². The maximum atomic E-state index is 5.97. The monoisotopic (exact) mass is 516 g/mol. The van der Waals surface area contributed by atoms with Crippen LogP contribution in [0.3, 0.4) is 0 Å². The molecule has 0 N–H and O–H groups in total. The van der Waals surface area contributed by atoms with E-state index in [4.69, 9.17) is 37.9 Å². The van der Waals surface area contributed by atoms with Gasteiger partial charge in [0.25, 0.3) is 0 Å². The molecule has 0 bridgehead atoms. The third-order valence-corrected chi connectivity index (χ3v) is 6.57. The third-order valence-electron chi connectivity index (χ3n) is 6.57. The van der Waals surface area contributed by atoms with Crippen LogP contribution in [0.4, 0.5) is 0 Å². The van der Waals surface area contributed by atoms with Gasteiger partial charge in [-0.25, -0.2) is 0 Å². The van der Waals surface area contributed by atoms with E-state index in [0.717, 1.165) is 24.7 Å². The molecule has 4 rings (SSSR count). The summed E-state index contributed by atoms with van der Waals surface area (Å²) >= 11 is 0. The highest BCUT2D eigenvalue weighted by Crippen LogP contribution is 2.33. The molecular weight excluding hydrogens is 476 g/mol. The van der Waals surface area contributed by atoms with Crippen LogP contribution in [0.15, 0.2) is 48.5 Å². The minimum Gasteiger partial charge on any atom is -0.491 e. The van der Waals surface area contributed by atoms with Crippen LogP contribution in [0.25, 0.3) is 0 Å². The molecule has 0 amide bonds. The molecule has 8 nitrogen and oxygen atoms in total. The predicted molar refractivity (Wildman–Crippen MR) is 139 cm³/mol. The Balaban J connectivity index is 1.28. The number of epoxide rings is 2. The molecule has 2 fully saturated rings. The van der Waals surface area contributed by atoms with Crippen LogP contribution in [-0.4, -0.2) is 91.5 Å². The van der Waals surface area contributed by atoms with Crippen LogP contribution >= 0.6 is 0 Å². The average Bonchev–Trinajstić information content (AvgIpc) is 3.83. The fraction of sp³-hybridized carbons (Fsp3) is 0.586. The molecule has 0 saturated carbocycles. The van der Waals surface area contributed by atoms with Crippen molar-refractivity contribution in [2.75, 3.05) is 67.1 Å². The summed E-state index contributed by atoms with van der Waals surface area (Å²) in [5, 5.41) is 0. The highest BCUT2D eigenvalue weighted by Gasteiger charge is 2.26. The van der Waals surface area contributed by atoms with E-state index in [9.17, 15) is 0 Å². The molecule has 4 atom stereocenters. The third kappa shape index (κ3) is 8.95. The molecule has 8 heteroatoms. The number of benzene rings is 2. The van der Waals surface area contributed by atoms with Gasteiger partial charge in [-0.2, -0.15) is 0 Å². The van der Waals surface area contributed by atoms with E-state index in [1.807, 2.05) is 24.3 Å². The van der Waals surface area contributed by atoms with Gasteiger partial charge >= 0.3 is 0 Å². The lowest BCUT2D eigenvalue weighted by Crippen LogP contribution is -2.28. The molecule has 0 spiro atoms. The summed E-state index contributed by atoms with van der Waals surface area (Å²) < 4.78 is 44.5. The summed E-state index contributed by atoms with van der Waals surface area (Å²) in [5.41, 5.74) is 2.20. The topological polar surface area (TPSA) is 80.4 Å². The summed E-state index contributed by atoms with van der Waals surface area (Å²) in [4.78, 5) is 0. The first-order valence-corrected chi connectivity index (χ1v) is 12.9. The summed E-state index contributed by atoms with van der Waals surface area (Å²) in [6.07, 6.45) is 0.176. The Bertz CT molecular complexity index is 846. The van der Waals surface area contributed by atoms with Crippen molar-refractivity contribution in [2.24, 2.45) is 0 Å². The highest BCUT2D eigenvalue weighted by molar-refractivity contribution is 5.41. The zero-order valence-corrected chi connectivity index (χ0v) is 22.4. The first-order valence-electron chi connectivity index (χ1n) is 12.9. The predicted octanol–water partition coefficient (Wildman–Crippen LogP) is 3.63. The maximum absolute atomic E-state index is 5.97. The summed E-state index contributed by atoms with van der Waals surface area (Å²) in [6.45, 7) is 8.93. The van der Waals surface area contributed by atoms with Gasteiger partial charge in [-0.05, 0) is 35.4 Å². The van der Waals surface area contributed by atoms with Gasteiger partial charge in [0.05, 0.1) is 39.6 Å². The van der Waals surface area contributed by atoms with Gasteiger partial charge in [-0.1, -0.05) is 38.1 Å². The average molecular weight is 517 g/mol. The van der Waals surface area contributed by atoms with Crippen molar-refractivity contribution < 1.29 is 37.9 Å². The number of hydrogen-bond acceptors (Lipinski definition) is 8. The molecule has 2 heterocycles. The molecule has 0 radical (unpaired) electrons. The van der Waals surface area contributed by atoms with E-state index in [2.05, 4.69) is 38.1 Å². The lowest BCUT2D eigenvalue weighted by Gasteiger charge is -2.27. The van der Waals surface area contributed by atoms with Crippen LogP contribution in [0, 0.1) is 0 Å². The van der Waals surface area contributed by atoms with Gasteiger partial charge in [0.15, 0.2) is 0 Å². The molecule has 0 aromatic heterocycles. The first-order chi connectivity index (χ1) is 18.0. The minimum absolute atomic E-state index is 0.130. The van der Waals surface area contributed by atoms with Gasteiger partial charge in [-0.3, -0.25) is 0 Å². The molecule has 0 aliphatic carbocycles. The Labute approximate surface area is 220 Å². The van der Waals surface area contributed by atoms with Gasteiger partial charge in [0.1, 0.15) is 49.1 Å². The largest absolute Gasteiger partial charge is 0.491 e. The van der Waals surface area contributed by atoms with Crippen LogP contribution in [0.5, 0.6) is 11.5 Å². The van der Waals surface area contributed by atoms with E-state index >= 15 is 0 Å². The van der Waals surface area contributed by atoms with E-state index in [1.165, 1.54) is 11.1 Å². The summed E-state index contributed by atoms with van der Waals surface area (Å²) in [7, 11) is 3.33. The van der Waals surface area contributed by atoms with E-state index in [0.29, 0.717) is 39.6 Å². The van der Waals surface area contributed by atoms with Crippen molar-refractivity contribution in [1.29, 1.82) is 0 Å². The summed E-state index contributed by atoms with van der Waals surface area (Å²) in [6, 6.07) is 16.5. The second kappa shape index (κ2) is 13.6. The van der Waals surface area contributed by atoms with Crippen molar-refractivity contribution in [1.82, 2.24) is 0 Å². The van der Waals surface area contributed by atoms with Crippen LogP contribution in [-0.2, 0) is 33.8 Å². The Hall–Kier alpha value is -2.20. The SMILES string of the molecule is COCC(COc1ccc(C(C)(C)c2ccc(OCC(COC)OCC3CO3)cc2)cc1)OCC1CO1. The van der Waals surface area contributed by atoms with Crippen molar-refractivity contribution in [3.8, 4) is 11.5 Å². The van der Waals surface area contributed by atoms with Gasteiger partial charge in [-0.15, -0.1) is 0 Å². The Morgan fingerprint density at radius 1 is 0.676 bits per heavy atom. The standard InChI is InChI=1S/C29H40O8/c1-29(2,21-5-9-23(10-6-21)32-15-25(13-30-3)34-17-27-19-36-27)22-7-11-24(12-8-22)33-16-26(14-31-4)35-18-28-20-37-28/h5-12,25-28H,13-20H2,1-4H3. The zero-order valence-electron chi connectivity index (χ0n) is 22.4. The molecule has 2 saturated heterocycles. The molecular formula is C29H40O8. The Morgan fingerprint density at radius 2 is 1.05 bits per heavy atom. The van der Waals surface area contributed by atoms with Crippen LogP contribution in [0.1, 0.15) is 25.0 Å². The van der Waals surface area contributed by atoms with Crippen molar-refractivity contribution in [3.63, 3.8) is 0 Å². The van der Waals surface area contributed by atoms with E-state index in [1.54, 1.807) is 14.2 Å². The molecule has 4 unspecified atom stereocenters. The highest BCUT2D eigenvalue weighted by atomic mass is 16.6. The molecule has 37 heavy (non-hydrogen) atoms. The van der Waals surface area contributed by atoms with Gasteiger partial charge in [0.2, 0.25) is 0 Å². The molecule has 204 valence electrons. The van der Waals surface area contributed by atoms with Crippen LogP contribution < -0.4 is 9.47 Å². The quantitative estimate of drug-likeness (QED) is 0.278. The zero-order chi connectivity index (χ0) is 26.1. The lowest BCUT2D eigenvalue weighted by molar-refractivity contribution is -0.0302. The molecule has 2 aliphatic rings. The van der Waals surface area contributed by atoms with E-state index in [-0.39, 0.29) is 29.8 Å². The Morgan fingerprint density at radius 3 is 1.38 bits per heavy atom.